The molecule has 2 N–H and O–H groups in total. The van der Waals surface area contributed by atoms with Gasteiger partial charge in [-0.15, -0.1) is 11.3 Å². The van der Waals surface area contributed by atoms with E-state index < -0.39 is 11.8 Å². The van der Waals surface area contributed by atoms with E-state index in [1.165, 1.54) is 37.7 Å². The molecule has 30 heavy (non-hydrogen) atoms. The highest BCUT2D eigenvalue weighted by molar-refractivity contribution is 7.20. The Labute approximate surface area is 176 Å². The number of methoxy groups -OCH3 is 2. The number of nitrogens with zero attached hydrogens (tertiary/aromatic N) is 1. The molecule has 1 aromatic heterocycles. The summed E-state index contributed by atoms with van der Waals surface area (Å²) >= 11 is 1.38. The molecule has 0 atom stereocenters. The van der Waals surface area contributed by atoms with Crippen molar-refractivity contribution >= 4 is 38.9 Å². The Morgan fingerprint density at radius 3 is 2.57 bits per heavy atom. The van der Waals surface area contributed by atoms with Crippen molar-refractivity contribution in [2.45, 2.75) is 6.92 Å². The van der Waals surface area contributed by atoms with Crippen LogP contribution in [-0.4, -0.2) is 38.3 Å². The number of amides is 2. The summed E-state index contributed by atoms with van der Waals surface area (Å²) in [6.45, 7) is 1.45. The van der Waals surface area contributed by atoms with Crippen LogP contribution in [0.5, 0.6) is 11.5 Å². The SMILES string of the molecule is COc1ccc(C(=O)NCC(=O)NN=C(C)c2cc3c(F)cccc3s2)cc1OC. The molecule has 0 bridgehead atoms. The number of hydrogen-bond acceptors (Lipinski definition) is 6. The zero-order chi connectivity index (χ0) is 21.7. The number of hydrazone groups is 1. The summed E-state index contributed by atoms with van der Waals surface area (Å²) < 4.78 is 24.9. The molecule has 1 heterocycles. The molecule has 3 rings (SSSR count). The van der Waals surface area contributed by atoms with Gasteiger partial charge in [0.1, 0.15) is 5.82 Å². The lowest BCUT2D eigenvalue weighted by molar-refractivity contribution is -0.120. The van der Waals surface area contributed by atoms with E-state index in [0.717, 1.165) is 9.58 Å². The van der Waals surface area contributed by atoms with E-state index >= 15 is 0 Å². The summed E-state index contributed by atoms with van der Waals surface area (Å²) in [6, 6.07) is 11.3. The van der Waals surface area contributed by atoms with Crippen molar-refractivity contribution in [3.63, 3.8) is 0 Å². The van der Waals surface area contributed by atoms with Crippen LogP contribution in [0.2, 0.25) is 0 Å². The second kappa shape index (κ2) is 9.36. The Bertz CT molecular complexity index is 1130. The van der Waals surface area contributed by atoms with Gasteiger partial charge in [-0.1, -0.05) is 6.07 Å². The number of halogens is 1. The topological polar surface area (TPSA) is 89.0 Å². The standard InChI is InChI=1S/C21H20FN3O4S/c1-12(19-10-14-15(22)5-4-6-18(14)30-19)24-25-20(26)11-23-21(27)13-7-8-16(28-2)17(9-13)29-3/h4-10H,11H2,1-3H3,(H,23,27)(H,25,26). The fourth-order valence-corrected chi connectivity index (χ4v) is 3.70. The molecular formula is C21H20FN3O4S. The first-order valence-electron chi connectivity index (χ1n) is 8.94. The zero-order valence-electron chi connectivity index (χ0n) is 16.6. The fraction of sp³-hybridized carbons (Fsp3) is 0.190. The van der Waals surface area contributed by atoms with E-state index in [9.17, 15) is 14.0 Å². The van der Waals surface area contributed by atoms with Crippen LogP contribution in [0.15, 0.2) is 47.6 Å². The molecule has 0 fully saturated rings. The third-order valence-corrected chi connectivity index (χ3v) is 5.48. The van der Waals surface area contributed by atoms with Crippen LogP contribution in [0.1, 0.15) is 22.2 Å². The van der Waals surface area contributed by atoms with Crippen LogP contribution in [-0.2, 0) is 4.79 Å². The average Bonchev–Trinajstić information content (AvgIpc) is 3.21. The second-order valence-corrected chi connectivity index (χ2v) is 7.33. The molecule has 0 spiro atoms. The molecule has 156 valence electrons. The van der Waals surface area contributed by atoms with E-state index in [1.807, 2.05) is 6.07 Å². The Kier molecular flexibility index (Phi) is 6.63. The molecule has 0 aliphatic carbocycles. The van der Waals surface area contributed by atoms with Gasteiger partial charge in [0, 0.05) is 15.6 Å². The molecule has 2 amide bonds. The summed E-state index contributed by atoms with van der Waals surface area (Å²) in [4.78, 5) is 25.0. The Morgan fingerprint density at radius 2 is 1.87 bits per heavy atom. The smallest absolute Gasteiger partial charge is 0.259 e. The fourth-order valence-electron chi connectivity index (χ4n) is 2.68. The zero-order valence-corrected chi connectivity index (χ0v) is 17.4. The number of carbonyl (C=O) groups excluding carboxylic acids is 2. The van der Waals surface area contributed by atoms with Gasteiger partial charge in [-0.25, -0.2) is 9.82 Å². The first-order valence-corrected chi connectivity index (χ1v) is 9.76. The summed E-state index contributed by atoms with van der Waals surface area (Å²) in [7, 11) is 2.97. The van der Waals surface area contributed by atoms with Crippen molar-refractivity contribution in [1.29, 1.82) is 0 Å². The highest BCUT2D eigenvalue weighted by atomic mass is 32.1. The highest BCUT2D eigenvalue weighted by Gasteiger charge is 2.12. The minimum absolute atomic E-state index is 0.259. The van der Waals surface area contributed by atoms with Gasteiger partial charge in [0.15, 0.2) is 11.5 Å². The van der Waals surface area contributed by atoms with Gasteiger partial charge in [-0.2, -0.15) is 5.10 Å². The molecule has 0 aliphatic rings. The molecule has 0 unspecified atom stereocenters. The third kappa shape index (κ3) is 4.74. The molecule has 0 saturated carbocycles. The van der Waals surface area contributed by atoms with Crippen molar-refractivity contribution in [3.8, 4) is 11.5 Å². The number of thiophene rings is 1. The van der Waals surface area contributed by atoms with Gasteiger partial charge in [-0.05, 0) is 43.3 Å². The van der Waals surface area contributed by atoms with Gasteiger partial charge in [-0.3, -0.25) is 9.59 Å². The lowest BCUT2D eigenvalue weighted by Crippen LogP contribution is -2.35. The number of hydrogen-bond donors (Lipinski definition) is 2. The molecule has 3 aromatic rings. The van der Waals surface area contributed by atoms with Gasteiger partial charge >= 0.3 is 0 Å². The second-order valence-electron chi connectivity index (χ2n) is 6.25. The molecule has 2 aromatic carbocycles. The molecular weight excluding hydrogens is 409 g/mol. The van der Waals surface area contributed by atoms with Crippen molar-refractivity contribution in [3.05, 3.63) is 58.7 Å². The quantitative estimate of drug-likeness (QED) is 0.445. The van der Waals surface area contributed by atoms with E-state index in [1.54, 1.807) is 31.2 Å². The molecule has 0 radical (unpaired) electrons. The number of benzene rings is 2. The van der Waals surface area contributed by atoms with Crippen molar-refractivity contribution < 1.29 is 23.5 Å². The molecule has 0 saturated heterocycles. The lowest BCUT2D eigenvalue weighted by atomic mass is 10.2. The van der Waals surface area contributed by atoms with Crippen molar-refractivity contribution in [2.24, 2.45) is 5.10 Å². The van der Waals surface area contributed by atoms with Crippen molar-refractivity contribution in [1.82, 2.24) is 10.7 Å². The minimum atomic E-state index is -0.490. The number of fused-ring (bicyclic) bond motifs is 1. The maximum atomic E-state index is 13.8. The van der Waals surface area contributed by atoms with Crippen LogP contribution < -0.4 is 20.2 Å². The molecule has 0 aliphatic heterocycles. The summed E-state index contributed by atoms with van der Waals surface area (Å²) in [5.74, 6) is -0.320. The molecule has 7 nitrogen and oxygen atoms in total. The van der Waals surface area contributed by atoms with Crippen LogP contribution in [0.3, 0.4) is 0 Å². The third-order valence-electron chi connectivity index (χ3n) is 4.27. The lowest BCUT2D eigenvalue weighted by Gasteiger charge is -2.09. The monoisotopic (exact) mass is 429 g/mol. The minimum Gasteiger partial charge on any atom is -0.493 e. The predicted molar refractivity (Wildman–Crippen MR) is 114 cm³/mol. The van der Waals surface area contributed by atoms with Crippen LogP contribution >= 0.6 is 11.3 Å². The summed E-state index contributed by atoms with van der Waals surface area (Å²) in [6.07, 6.45) is 0. The highest BCUT2D eigenvalue weighted by Crippen LogP contribution is 2.28. The summed E-state index contributed by atoms with van der Waals surface area (Å²) in [5, 5.41) is 7.07. The first-order chi connectivity index (χ1) is 14.4. The van der Waals surface area contributed by atoms with Gasteiger partial charge in [0.2, 0.25) is 0 Å². The van der Waals surface area contributed by atoms with E-state index in [0.29, 0.717) is 28.2 Å². The Hall–Kier alpha value is -3.46. The van der Waals surface area contributed by atoms with E-state index in [2.05, 4.69) is 15.8 Å². The van der Waals surface area contributed by atoms with Gasteiger partial charge < -0.3 is 14.8 Å². The number of rotatable bonds is 7. The number of nitrogens with one attached hydrogen (secondary N) is 2. The normalized spacial score (nSPS) is 11.3. The van der Waals surface area contributed by atoms with Crippen LogP contribution in [0, 0.1) is 5.82 Å². The van der Waals surface area contributed by atoms with Gasteiger partial charge in [0.25, 0.3) is 11.8 Å². The largest absolute Gasteiger partial charge is 0.493 e. The van der Waals surface area contributed by atoms with Gasteiger partial charge in [0.05, 0.1) is 31.4 Å². The molecule has 9 heteroatoms. The van der Waals surface area contributed by atoms with Crippen molar-refractivity contribution in [2.75, 3.05) is 20.8 Å². The summed E-state index contributed by atoms with van der Waals surface area (Å²) in [5.41, 5.74) is 3.25. The number of carbonyl (C=O) groups is 2. The van der Waals surface area contributed by atoms with E-state index in [4.69, 9.17) is 9.47 Å². The maximum absolute atomic E-state index is 13.8. The number of ether oxygens (including phenoxy) is 2. The predicted octanol–water partition coefficient (Wildman–Crippen LogP) is 3.33. The Morgan fingerprint density at radius 1 is 1.10 bits per heavy atom. The maximum Gasteiger partial charge on any atom is 0.259 e. The average molecular weight is 429 g/mol. The van der Waals surface area contributed by atoms with E-state index in [-0.39, 0.29) is 12.4 Å². The first kappa shape index (κ1) is 21.3. The van der Waals surface area contributed by atoms with Crippen LogP contribution in [0.4, 0.5) is 4.39 Å². The van der Waals surface area contributed by atoms with Crippen LogP contribution in [0.25, 0.3) is 10.1 Å². The Balaban J connectivity index is 1.58.